The van der Waals surface area contributed by atoms with Gasteiger partial charge in [0.05, 0.1) is 10.8 Å². The van der Waals surface area contributed by atoms with Crippen LogP contribution in [0.4, 0.5) is 42.9 Å². The van der Waals surface area contributed by atoms with Gasteiger partial charge in [-0.25, -0.2) is 8.78 Å². The summed E-state index contributed by atoms with van der Waals surface area (Å²) in [6.07, 6.45) is 3.74. The molecule has 1 aromatic heterocycles. The van der Waals surface area contributed by atoms with Crippen LogP contribution in [0.25, 0.3) is 121 Å². The van der Waals surface area contributed by atoms with Gasteiger partial charge in [0.1, 0.15) is 11.6 Å². The third-order valence-corrected chi connectivity index (χ3v) is 25.7. The summed E-state index contributed by atoms with van der Waals surface area (Å²) >= 11 is 1.80. The highest BCUT2D eigenvalue weighted by Crippen LogP contribution is 2.60. The molecule has 0 aliphatic heterocycles. The Balaban J connectivity index is 0.724. The largest absolute Gasteiger partial charge is 0.310 e. The third kappa shape index (κ3) is 12.4. The van der Waals surface area contributed by atoms with Gasteiger partial charge in [0.15, 0.2) is 0 Å². The van der Waals surface area contributed by atoms with Gasteiger partial charge in [-0.2, -0.15) is 0 Å². The first-order chi connectivity index (χ1) is 58.6. The summed E-state index contributed by atoms with van der Waals surface area (Å²) < 4.78 is 33.3. The Morgan fingerprint density at radius 3 is 0.849 bits per heavy atom. The Kier molecular flexibility index (Phi) is 18.0. The van der Waals surface area contributed by atoms with Crippen molar-refractivity contribution in [2.45, 2.75) is 10.8 Å². The van der Waals surface area contributed by atoms with E-state index >= 15 is 8.78 Å². The molecule has 0 bridgehead atoms. The van der Waals surface area contributed by atoms with Crippen molar-refractivity contribution in [3.8, 4) is 89.0 Å². The van der Waals surface area contributed by atoms with Crippen LogP contribution in [0.3, 0.4) is 0 Å². The van der Waals surface area contributed by atoms with E-state index in [0.29, 0.717) is 0 Å². The molecule has 0 radical (unpaired) electrons. The Morgan fingerprint density at radius 2 is 0.487 bits per heavy atom. The highest BCUT2D eigenvalue weighted by atomic mass is 32.1. The van der Waals surface area contributed by atoms with Gasteiger partial charge in [-0.3, -0.25) is 0 Å². The maximum atomic E-state index is 15.5. The quantitative estimate of drug-likeness (QED) is 0.0845. The number of hydrogen-bond acceptors (Lipinski definition) is 3. The molecule has 2 aliphatic rings. The molecule has 0 N–H and O–H groups in total. The fraction of sp³-hybridized carbons (Fsp3) is 0.0175. The predicted octanol–water partition coefficient (Wildman–Crippen LogP) is 31.3. The van der Waals surface area contributed by atoms with Gasteiger partial charge in [-0.15, -0.1) is 11.3 Å². The normalized spacial score (nSPS) is 14.3. The molecule has 19 aromatic rings. The minimum atomic E-state index is -0.847. The molecule has 2 nitrogen and oxygen atoms in total. The molecule has 0 saturated carbocycles. The SMILES string of the molecule is C=Cc1ccc(-c2ccc(C3(c4ccc(F)cc4)c4ccccc4-c4ccc(N(c5ccc(-c6cccc(-c7ccccc7)c6)cc5)c5ccc6c(c5)sc5cc(N(c7ccc(-c8cccc(-c9ccccc9)c8)cc7)c7ccc8c(c7)C(c7ccc(F)cc7)(c7ccc(-c9ccc(C=C)cc9)cc7)c7ccccc7-8)ccc56)cc43)cc2)cc1. The number of benzene rings is 18. The van der Waals surface area contributed by atoms with Crippen molar-refractivity contribution in [1.82, 2.24) is 0 Å². The van der Waals surface area contributed by atoms with Crippen LogP contribution in [0.2, 0.25) is 0 Å². The monoisotopic (exact) mass is 1540 g/mol. The summed E-state index contributed by atoms with van der Waals surface area (Å²) in [4.78, 5) is 4.82. The molecule has 0 saturated heterocycles. The Morgan fingerprint density at radius 1 is 0.218 bits per heavy atom. The lowest BCUT2D eigenvalue weighted by molar-refractivity contribution is 0.624. The van der Waals surface area contributed by atoms with Crippen molar-refractivity contribution >= 4 is 77.8 Å². The van der Waals surface area contributed by atoms with Gasteiger partial charge in [0, 0.05) is 54.3 Å². The summed E-state index contributed by atoms with van der Waals surface area (Å²) in [7, 11) is 0. The van der Waals surface area contributed by atoms with Crippen LogP contribution >= 0.6 is 11.3 Å². The minimum Gasteiger partial charge on any atom is -0.310 e. The highest BCUT2D eigenvalue weighted by Gasteiger charge is 2.48. The van der Waals surface area contributed by atoms with Gasteiger partial charge in [-0.1, -0.05) is 341 Å². The number of thiophene rings is 1. The van der Waals surface area contributed by atoms with Crippen LogP contribution in [-0.4, -0.2) is 0 Å². The lowest BCUT2D eigenvalue weighted by atomic mass is 9.67. The lowest BCUT2D eigenvalue weighted by Gasteiger charge is -2.35. The van der Waals surface area contributed by atoms with Crippen LogP contribution in [0.1, 0.15) is 55.6 Å². The zero-order valence-corrected chi connectivity index (χ0v) is 65.9. The van der Waals surface area contributed by atoms with E-state index in [1.807, 2.05) is 36.4 Å². The second-order valence-electron chi connectivity index (χ2n) is 31.0. The van der Waals surface area contributed by atoms with E-state index in [1.54, 1.807) is 35.6 Å². The van der Waals surface area contributed by atoms with Crippen LogP contribution in [0, 0.1) is 11.6 Å². The topological polar surface area (TPSA) is 6.48 Å². The van der Waals surface area contributed by atoms with Gasteiger partial charge < -0.3 is 9.80 Å². The number of rotatable bonds is 18. The van der Waals surface area contributed by atoms with E-state index in [0.717, 1.165) is 188 Å². The molecule has 2 atom stereocenters. The van der Waals surface area contributed by atoms with Gasteiger partial charge in [-0.05, 0) is 254 Å². The van der Waals surface area contributed by atoms with E-state index in [1.165, 1.54) is 11.1 Å². The highest BCUT2D eigenvalue weighted by molar-refractivity contribution is 7.25. The molecule has 0 amide bonds. The molecule has 21 rings (SSSR count). The zero-order valence-electron chi connectivity index (χ0n) is 65.0. The van der Waals surface area contributed by atoms with Crippen molar-refractivity contribution < 1.29 is 8.78 Å². The van der Waals surface area contributed by atoms with E-state index in [2.05, 4.69) is 399 Å². The van der Waals surface area contributed by atoms with Crippen LogP contribution in [0.5, 0.6) is 0 Å². The molecule has 119 heavy (non-hydrogen) atoms. The second kappa shape index (κ2) is 29.8. The van der Waals surface area contributed by atoms with E-state index in [4.69, 9.17) is 0 Å². The van der Waals surface area contributed by atoms with E-state index in [-0.39, 0.29) is 11.6 Å². The molecule has 562 valence electrons. The Labute approximate surface area is 696 Å². The van der Waals surface area contributed by atoms with Crippen molar-refractivity contribution in [3.63, 3.8) is 0 Å². The summed E-state index contributed by atoms with van der Waals surface area (Å²) in [6.45, 7) is 8.01. The first-order valence-corrected chi connectivity index (χ1v) is 41.2. The number of halogens is 2. The summed E-state index contributed by atoms with van der Waals surface area (Å²) in [5.41, 5.74) is 33.0. The van der Waals surface area contributed by atoms with Gasteiger partial charge in [0.25, 0.3) is 0 Å². The maximum Gasteiger partial charge on any atom is 0.123 e. The molecule has 0 spiro atoms. The number of fused-ring (bicyclic) bond motifs is 9. The van der Waals surface area contributed by atoms with Crippen molar-refractivity contribution in [3.05, 3.63) is 505 Å². The first kappa shape index (κ1) is 71.9. The summed E-state index contributed by atoms with van der Waals surface area (Å²) in [5.74, 6) is -0.577. The third-order valence-electron chi connectivity index (χ3n) is 24.5. The standard InChI is InChI=1S/C114H76F2N2S/c1-3-75-29-33-79(34-30-75)81-37-45-89(46-38-81)113(91-49-53-93(115)54-50-91)107-27-13-11-25-101(107)103-65-61-97(71-109(103)113)117(95-57-41-83(42-58-95)87-23-15-21-85(69-87)77-17-7-5-8-18-77)99-63-67-105-106-68-64-100(74-112(106)119-111(105)73-99)118(96-59-43-84(44-60-96)88-24-16-22-86(70-88)78-19-9-6-10-20-78)98-62-66-104-102-26-12-14-28-108(102)114(110(104)72-98,92-51-55-94(116)56-52-92)90-47-39-82(40-48-90)80-35-31-76(4-2)32-36-80/h3-74H,1-2H2. The molecule has 5 heteroatoms. The first-order valence-electron chi connectivity index (χ1n) is 40.4. The molecular formula is C114H76F2N2S. The summed E-state index contributed by atoms with van der Waals surface area (Å²) in [5, 5.41) is 2.31. The van der Waals surface area contributed by atoms with Crippen LogP contribution in [0.15, 0.2) is 438 Å². The maximum absolute atomic E-state index is 15.5. The predicted molar refractivity (Wildman–Crippen MR) is 496 cm³/mol. The molecule has 1 heterocycles. The average Bonchev–Trinajstić information content (AvgIpc) is 1.55. The fourth-order valence-corrected chi connectivity index (χ4v) is 20.0. The van der Waals surface area contributed by atoms with E-state index in [9.17, 15) is 0 Å². The van der Waals surface area contributed by atoms with Gasteiger partial charge >= 0.3 is 0 Å². The average molecular weight is 1540 g/mol. The molecule has 2 unspecified atom stereocenters. The lowest BCUT2D eigenvalue weighted by Crippen LogP contribution is -2.29. The Hall–Kier alpha value is -14.9. The molecule has 18 aromatic carbocycles. The number of nitrogens with zero attached hydrogens (tertiary/aromatic N) is 2. The van der Waals surface area contributed by atoms with Crippen LogP contribution in [-0.2, 0) is 10.8 Å². The summed E-state index contributed by atoms with van der Waals surface area (Å²) in [6, 6.07) is 151. The fourth-order valence-electron chi connectivity index (χ4n) is 18.8. The molecular weight excluding hydrogens is 1470 g/mol. The van der Waals surface area contributed by atoms with Crippen molar-refractivity contribution in [2.24, 2.45) is 0 Å². The smallest absolute Gasteiger partial charge is 0.123 e. The number of hydrogen-bond donors (Lipinski definition) is 0. The Bertz CT molecular complexity index is 6670. The van der Waals surface area contributed by atoms with Crippen molar-refractivity contribution in [1.29, 1.82) is 0 Å². The van der Waals surface area contributed by atoms with Crippen LogP contribution < -0.4 is 9.80 Å². The minimum absolute atomic E-state index is 0.289. The molecule has 2 aliphatic carbocycles. The van der Waals surface area contributed by atoms with Gasteiger partial charge in [0.2, 0.25) is 0 Å². The molecule has 0 fully saturated rings. The zero-order chi connectivity index (χ0) is 79.7. The number of anilines is 6. The van der Waals surface area contributed by atoms with E-state index < -0.39 is 10.8 Å². The second-order valence-corrected chi connectivity index (χ2v) is 32.1. The van der Waals surface area contributed by atoms with Crippen molar-refractivity contribution in [2.75, 3.05) is 9.80 Å².